The molecule has 0 saturated heterocycles. The van der Waals surface area contributed by atoms with Gasteiger partial charge in [0.1, 0.15) is 0 Å². The summed E-state index contributed by atoms with van der Waals surface area (Å²) in [4.78, 5) is 12.8. The van der Waals surface area contributed by atoms with Crippen LogP contribution in [0.25, 0.3) is 0 Å². The van der Waals surface area contributed by atoms with Crippen molar-refractivity contribution in [1.29, 1.82) is 0 Å². The van der Waals surface area contributed by atoms with Crippen LogP contribution in [-0.4, -0.2) is 19.0 Å². The van der Waals surface area contributed by atoms with Crippen molar-refractivity contribution >= 4 is 17.4 Å². The van der Waals surface area contributed by atoms with E-state index in [1.165, 1.54) is 0 Å². The molecule has 3 nitrogen and oxygen atoms in total. The van der Waals surface area contributed by atoms with Crippen LogP contribution in [0.15, 0.2) is 12.1 Å². The first-order chi connectivity index (χ1) is 9.60. The van der Waals surface area contributed by atoms with Gasteiger partial charge in [-0.3, -0.25) is 4.79 Å². The minimum atomic E-state index is -0.274. The maximum absolute atomic E-state index is 12.8. The predicted octanol–water partition coefficient (Wildman–Crippen LogP) is 4.26. The Kier molecular flexibility index (Phi) is 3.63. The number of Topliss-reactive ketones (excluding diaryl/α,β-unsaturated/α-hetero) is 1. The van der Waals surface area contributed by atoms with Gasteiger partial charge in [0.15, 0.2) is 17.3 Å². The first kappa shape index (κ1) is 13.7. The van der Waals surface area contributed by atoms with Gasteiger partial charge in [-0.25, -0.2) is 0 Å². The number of hydrogen-bond acceptors (Lipinski definition) is 3. The molecule has 0 spiro atoms. The highest BCUT2D eigenvalue weighted by atomic mass is 35.5. The van der Waals surface area contributed by atoms with E-state index < -0.39 is 0 Å². The molecule has 1 aliphatic carbocycles. The Morgan fingerprint density at radius 3 is 2.35 bits per heavy atom. The summed E-state index contributed by atoms with van der Waals surface area (Å²) in [7, 11) is 0. The molecule has 1 saturated carbocycles. The summed E-state index contributed by atoms with van der Waals surface area (Å²) in [6.07, 6.45) is 4.95. The molecule has 1 heterocycles. The van der Waals surface area contributed by atoms with Gasteiger partial charge in [-0.05, 0) is 18.9 Å². The summed E-state index contributed by atoms with van der Waals surface area (Å²) < 4.78 is 11.2. The number of carbonyl (C=O) groups excluding carboxylic acids is 1. The molecular formula is C16H19ClO3. The average Bonchev–Trinajstić information content (AvgIpc) is 2.75. The van der Waals surface area contributed by atoms with Crippen LogP contribution in [0.2, 0.25) is 5.02 Å². The van der Waals surface area contributed by atoms with E-state index in [1.807, 2.05) is 6.92 Å². The van der Waals surface area contributed by atoms with Gasteiger partial charge in [0.05, 0.1) is 18.2 Å². The highest BCUT2D eigenvalue weighted by Gasteiger charge is 2.38. The number of ketones is 1. The topological polar surface area (TPSA) is 35.5 Å². The molecule has 108 valence electrons. The lowest BCUT2D eigenvalue weighted by molar-refractivity contribution is 0.0823. The molecule has 4 heteroatoms. The Balaban J connectivity index is 1.97. The second-order valence-electron chi connectivity index (χ2n) is 5.93. The van der Waals surface area contributed by atoms with Crippen molar-refractivity contribution in [3.05, 3.63) is 22.7 Å². The Morgan fingerprint density at radius 2 is 1.70 bits per heavy atom. The smallest absolute Gasteiger partial charge is 0.170 e. The van der Waals surface area contributed by atoms with Gasteiger partial charge in [0.25, 0.3) is 0 Å². The average molecular weight is 295 g/mol. The summed E-state index contributed by atoms with van der Waals surface area (Å²) in [5, 5.41) is 0.465. The Morgan fingerprint density at radius 1 is 1.10 bits per heavy atom. The molecule has 2 aliphatic rings. The van der Waals surface area contributed by atoms with Crippen LogP contribution in [0, 0.1) is 5.41 Å². The largest absolute Gasteiger partial charge is 0.490 e. The maximum atomic E-state index is 12.8. The number of fused-ring (bicyclic) bond motifs is 1. The lowest BCUT2D eigenvalue weighted by atomic mass is 9.81. The summed E-state index contributed by atoms with van der Waals surface area (Å²) in [5.41, 5.74) is 0.295. The number of benzene rings is 1. The van der Waals surface area contributed by atoms with E-state index in [9.17, 15) is 4.79 Å². The molecule has 1 aliphatic heterocycles. The van der Waals surface area contributed by atoms with Crippen molar-refractivity contribution in [3.8, 4) is 11.5 Å². The van der Waals surface area contributed by atoms with E-state index in [0.29, 0.717) is 35.3 Å². The number of hydrogen-bond donors (Lipinski definition) is 0. The minimum Gasteiger partial charge on any atom is -0.490 e. The van der Waals surface area contributed by atoms with Crippen molar-refractivity contribution in [2.75, 3.05) is 13.2 Å². The van der Waals surface area contributed by atoms with Crippen LogP contribution in [0.4, 0.5) is 0 Å². The van der Waals surface area contributed by atoms with Crippen molar-refractivity contribution in [1.82, 2.24) is 0 Å². The van der Waals surface area contributed by atoms with E-state index in [-0.39, 0.29) is 11.2 Å². The van der Waals surface area contributed by atoms with Crippen LogP contribution >= 0.6 is 11.6 Å². The molecule has 1 aromatic rings. The van der Waals surface area contributed by atoms with Gasteiger partial charge in [-0.15, -0.1) is 0 Å². The fraction of sp³-hybridized carbons (Fsp3) is 0.562. The Labute approximate surface area is 124 Å². The SMILES string of the molecule is CC1(C(=O)c2cc3c(cc2Cl)OCCCO3)CCCC1. The van der Waals surface area contributed by atoms with Crippen molar-refractivity contribution in [2.45, 2.75) is 39.0 Å². The number of rotatable bonds is 2. The minimum absolute atomic E-state index is 0.135. The normalized spacial score (nSPS) is 20.5. The van der Waals surface area contributed by atoms with Crippen molar-refractivity contribution < 1.29 is 14.3 Å². The van der Waals surface area contributed by atoms with Crippen LogP contribution in [0.3, 0.4) is 0 Å². The van der Waals surface area contributed by atoms with Gasteiger partial charge in [0, 0.05) is 23.5 Å². The molecule has 1 fully saturated rings. The molecule has 0 unspecified atom stereocenters. The lowest BCUT2D eigenvalue weighted by Gasteiger charge is -2.23. The predicted molar refractivity (Wildman–Crippen MR) is 78.0 cm³/mol. The zero-order valence-electron chi connectivity index (χ0n) is 11.7. The number of halogens is 1. The molecule has 0 N–H and O–H groups in total. The molecule has 3 rings (SSSR count). The van der Waals surface area contributed by atoms with Gasteiger partial charge in [-0.1, -0.05) is 31.4 Å². The fourth-order valence-electron chi connectivity index (χ4n) is 3.07. The molecule has 0 atom stereocenters. The third kappa shape index (κ3) is 2.39. The zero-order valence-corrected chi connectivity index (χ0v) is 12.5. The lowest BCUT2D eigenvalue weighted by Crippen LogP contribution is -2.24. The summed E-state index contributed by atoms with van der Waals surface area (Å²) in [6, 6.07) is 3.47. The quantitative estimate of drug-likeness (QED) is 0.764. The van der Waals surface area contributed by atoms with Gasteiger partial charge >= 0.3 is 0 Å². The molecule has 20 heavy (non-hydrogen) atoms. The maximum Gasteiger partial charge on any atom is 0.170 e. The van der Waals surface area contributed by atoms with E-state index in [1.54, 1.807) is 12.1 Å². The standard InChI is InChI=1S/C16H19ClO3/c1-16(5-2-3-6-16)15(18)11-9-13-14(10-12(11)17)20-8-4-7-19-13/h9-10H,2-8H2,1H3. The Hall–Kier alpha value is -1.22. The van der Waals surface area contributed by atoms with Gasteiger partial charge in [0.2, 0.25) is 0 Å². The molecular weight excluding hydrogens is 276 g/mol. The van der Waals surface area contributed by atoms with E-state index >= 15 is 0 Å². The second kappa shape index (κ2) is 5.28. The van der Waals surface area contributed by atoms with Gasteiger partial charge < -0.3 is 9.47 Å². The van der Waals surface area contributed by atoms with Crippen LogP contribution in [-0.2, 0) is 0 Å². The Bertz CT molecular complexity index is 533. The highest BCUT2D eigenvalue weighted by Crippen LogP contribution is 2.43. The zero-order chi connectivity index (χ0) is 14.2. The third-order valence-electron chi connectivity index (χ3n) is 4.34. The summed E-state index contributed by atoms with van der Waals surface area (Å²) >= 11 is 6.29. The first-order valence-electron chi connectivity index (χ1n) is 7.24. The summed E-state index contributed by atoms with van der Waals surface area (Å²) in [6.45, 7) is 3.27. The van der Waals surface area contributed by atoms with E-state index in [4.69, 9.17) is 21.1 Å². The molecule has 0 bridgehead atoms. The van der Waals surface area contributed by atoms with E-state index in [0.717, 1.165) is 32.1 Å². The van der Waals surface area contributed by atoms with Crippen molar-refractivity contribution in [3.63, 3.8) is 0 Å². The van der Waals surface area contributed by atoms with Crippen LogP contribution < -0.4 is 9.47 Å². The monoisotopic (exact) mass is 294 g/mol. The number of ether oxygens (including phenoxy) is 2. The van der Waals surface area contributed by atoms with Crippen LogP contribution in [0.5, 0.6) is 11.5 Å². The molecule has 0 amide bonds. The highest BCUT2D eigenvalue weighted by molar-refractivity contribution is 6.34. The second-order valence-corrected chi connectivity index (χ2v) is 6.33. The molecule has 0 radical (unpaired) electrons. The molecule has 0 aromatic heterocycles. The number of carbonyl (C=O) groups is 1. The first-order valence-corrected chi connectivity index (χ1v) is 7.62. The fourth-order valence-corrected chi connectivity index (χ4v) is 3.30. The van der Waals surface area contributed by atoms with E-state index in [2.05, 4.69) is 0 Å². The van der Waals surface area contributed by atoms with Crippen molar-refractivity contribution in [2.24, 2.45) is 5.41 Å². The van der Waals surface area contributed by atoms with Crippen LogP contribution in [0.1, 0.15) is 49.4 Å². The summed E-state index contributed by atoms with van der Waals surface area (Å²) in [5.74, 6) is 1.41. The molecule has 1 aromatic carbocycles. The third-order valence-corrected chi connectivity index (χ3v) is 4.65. The van der Waals surface area contributed by atoms with Gasteiger partial charge in [-0.2, -0.15) is 0 Å².